The summed E-state index contributed by atoms with van der Waals surface area (Å²) in [6.45, 7) is 2.35. The molecule has 30 heavy (non-hydrogen) atoms. The largest absolute Gasteiger partial charge is 0.477 e. The van der Waals surface area contributed by atoms with Gasteiger partial charge < -0.3 is 4.74 Å². The van der Waals surface area contributed by atoms with Gasteiger partial charge in [0, 0.05) is 35.9 Å². The van der Waals surface area contributed by atoms with Crippen LogP contribution in [0.5, 0.6) is 5.88 Å². The third-order valence-corrected chi connectivity index (χ3v) is 6.54. The summed E-state index contributed by atoms with van der Waals surface area (Å²) in [6, 6.07) is 10.1. The Morgan fingerprint density at radius 1 is 1.33 bits per heavy atom. The van der Waals surface area contributed by atoms with Crippen LogP contribution in [0.4, 0.5) is 4.39 Å². The Morgan fingerprint density at radius 3 is 2.80 bits per heavy atom. The molecule has 2 aromatic rings. The highest BCUT2D eigenvalue weighted by Gasteiger charge is 2.73. The first-order chi connectivity index (χ1) is 14.4. The Balaban J connectivity index is 1.22. The summed E-state index contributed by atoms with van der Waals surface area (Å²) >= 11 is 0. The number of carbonyl (C=O) groups is 1. The lowest BCUT2D eigenvalue weighted by Crippen LogP contribution is -2.69. The Morgan fingerprint density at radius 2 is 2.13 bits per heavy atom. The molecule has 0 N–H and O–H groups in total. The first kappa shape index (κ1) is 18.7. The highest BCUT2D eigenvalue weighted by Crippen LogP contribution is 2.74. The number of halogens is 1. The van der Waals surface area contributed by atoms with Gasteiger partial charge in [0.2, 0.25) is 11.8 Å². The van der Waals surface area contributed by atoms with Crippen LogP contribution < -0.4 is 4.74 Å². The van der Waals surface area contributed by atoms with E-state index in [1.807, 2.05) is 19.1 Å². The fourth-order valence-corrected chi connectivity index (χ4v) is 5.15. The summed E-state index contributed by atoms with van der Waals surface area (Å²) in [6.07, 6.45) is 5.97. The van der Waals surface area contributed by atoms with E-state index in [9.17, 15) is 9.18 Å². The van der Waals surface area contributed by atoms with E-state index in [0.29, 0.717) is 30.0 Å². The lowest BCUT2D eigenvalue weighted by atomic mass is 9.35. The third-order valence-electron chi connectivity index (χ3n) is 6.54. The molecular formula is C23H21FN4O2. The van der Waals surface area contributed by atoms with Crippen molar-refractivity contribution in [1.29, 1.82) is 5.26 Å². The number of rotatable bonds is 5. The van der Waals surface area contributed by atoms with E-state index in [1.165, 1.54) is 17.3 Å². The summed E-state index contributed by atoms with van der Waals surface area (Å²) in [5, 5.41) is 14.6. The van der Waals surface area contributed by atoms with E-state index < -0.39 is 5.41 Å². The van der Waals surface area contributed by atoms with Crippen molar-refractivity contribution in [2.24, 2.45) is 15.9 Å². The van der Waals surface area contributed by atoms with Crippen molar-refractivity contribution in [2.45, 2.75) is 38.6 Å². The quantitative estimate of drug-likeness (QED) is 0.757. The lowest BCUT2D eigenvalue weighted by Gasteiger charge is -2.69. The lowest BCUT2D eigenvalue weighted by molar-refractivity contribution is -0.227. The summed E-state index contributed by atoms with van der Waals surface area (Å²) in [7, 11) is 0. The second kappa shape index (κ2) is 6.63. The van der Waals surface area contributed by atoms with E-state index >= 15 is 0 Å². The first-order valence-corrected chi connectivity index (χ1v) is 10.0. The molecule has 152 valence electrons. The number of nitrogens with zero attached hydrogens (tertiary/aromatic N) is 4. The molecule has 1 unspecified atom stereocenters. The molecule has 2 bridgehead atoms. The van der Waals surface area contributed by atoms with E-state index in [1.54, 1.807) is 24.4 Å². The van der Waals surface area contributed by atoms with Gasteiger partial charge in [0.15, 0.2) is 0 Å². The van der Waals surface area contributed by atoms with Crippen molar-refractivity contribution in [3.63, 3.8) is 0 Å². The molecule has 6 rings (SSSR count). The number of benzene rings is 1. The maximum Gasteiger partial charge on any atom is 0.249 e. The molecule has 0 radical (unpaired) electrons. The van der Waals surface area contributed by atoms with Crippen LogP contribution in [0.1, 0.15) is 48.4 Å². The molecule has 3 aliphatic carbocycles. The fraction of sp³-hybridized carbons (Fsp3) is 0.391. The second-order valence-corrected chi connectivity index (χ2v) is 8.82. The second-order valence-electron chi connectivity index (χ2n) is 8.82. The van der Waals surface area contributed by atoms with Crippen LogP contribution in [-0.4, -0.2) is 28.7 Å². The number of aromatic nitrogens is 1. The molecule has 1 atom stereocenters. The average molecular weight is 404 g/mol. The van der Waals surface area contributed by atoms with Gasteiger partial charge in [-0.25, -0.2) is 14.4 Å². The number of carbonyl (C=O) groups excluding carboxylic acids is 1. The molecule has 2 heterocycles. The van der Waals surface area contributed by atoms with Gasteiger partial charge in [0.1, 0.15) is 11.9 Å². The van der Waals surface area contributed by atoms with Gasteiger partial charge in [0.25, 0.3) is 0 Å². The van der Waals surface area contributed by atoms with Crippen LogP contribution in [0.2, 0.25) is 0 Å². The van der Waals surface area contributed by atoms with Crippen LogP contribution in [0.25, 0.3) is 0 Å². The highest BCUT2D eigenvalue weighted by atomic mass is 19.1. The molecule has 0 spiro atoms. The Hall–Kier alpha value is -3.27. The Kier molecular flexibility index (Phi) is 4.14. The van der Waals surface area contributed by atoms with Crippen molar-refractivity contribution in [2.75, 3.05) is 6.61 Å². The van der Waals surface area contributed by atoms with E-state index in [4.69, 9.17) is 10.00 Å². The maximum absolute atomic E-state index is 14.5. The standard InChI is InChI=1S/C23H21FN4O2/c1-15-2-4-17(18(24)8-15)19-6-7-27-28(19)21(29)23-11-22(12-23,13-23)14-30-20-5-3-16(9-25)10-26-20/h2-5,7-8,10,19H,6,11-14H2,1H3. The number of pyridine rings is 1. The van der Waals surface area contributed by atoms with Gasteiger partial charge in [-0.3, -0.25) is 4.79 Å². The smallest absolute Gasteiger partial charge is 0.249 e. The van der Waals surface area contributed by atoms with Crippen LogP contribution in [0.3, 0.4) is 0 Å². The average Bonchev–Trinajstić information content (AvgIpc) is 3.15. The molecule has 3 saturated carbocycles. The van der Waals surface area contributed by atoms with Crippen molar-refractivity contribution in [3.05, 3.63) is 59.0 Å². The third kappa shape index (κ3) is 2.86. The van der Waals surface area contributed by atoms with Crippen LogP contribution in [0, 0.1) is 34.9 Å². The van der Waals surface area contributed by atoms with E-state index in [0.717, 1.165) is 24.8 Å². The SMILES string of the molecule is Cc1ccc(C2CC=NN2C(=O)C23CC(COc4ccc(C#N)cn4)(C2)C3)c(F)c1. The van der Waals surface area contributed by atoms with Gasteiger partial charge in [-0.15, -0.1) is 0 Å². The van der Waals surface area contributed by atoms with Crippen molar-refractivity contribution in [3.8, 4) is 11.9 Å². The Labute approximate surface area is 174 Å². The zero-order valence-electron chi connectivity index (χ0n) is 16.6. The van der Waals surface area contributed by atoms with Crippen LogP contribution >= 0.6 is 0 Å². The molecule has 3 fully saturated rings. The van der Waals surface area contributed by atoms with Gasteiger partial charge in [-0.1, -0.05) is 12.1 Å². The molecule has 1 aliphatic heterocycles. The molecule has 4 aliphatic rings. The predicted octanol–water partition coefficient (Wildman–Crippen LogP) is 3.91. The van der Waals surface area contributed by atoms with Crippen molar-refractivity contribution >= 4 is 12.1 Å². The fourth-order valence-electron chi connectivity index (χ4n) is 5.15. The van der Waals surface area contributed by atoms with Gasteiger partial charge in [0.05, 0.1) is 23.6 Å². The summed E-state index contributed by atoms with van der Waals surface area (Å²) in [5.74, 6) is 0.179. The monoisotopic (exact) mass is 404 g/mol. The number of amides is 1. The Bertz CT molecular complexity index is 1070. The molecular weight excluding hydrogens is 383 g/mol. The number of hydrogen-bond donors (Lipinski definition) is 0. The van der Waals surface area contributed by atoms with Crippen molar-refractivity contribution in [1.82, 2.24) is 9.99 Å². The zero-order valence-corrected chi connectivity index (χ0v) is 16.6. The molecule has 7 heteroatoms. The molecule has 0 saturated heterocycles. The van der Waals surface area contributed by atoms with Crippen LogP contribution in [0.15, 0.2) is 41.6 Å². The number of aryl methyl sites for hydroxylation is 1. The molecule has 1 aromatic carbocycles. The minimum Gasteiger partial charge on any atom is -0.477 e. The number of ether oxygens (including phenoxy) is 1. The number of hydrogen-bond acceptors (Lipinski definition) is 5. The topological polar surface area (TPSA) is 78.6 Å². The minimum absolute atomic E-state index is 0.000710. The number of hydrazone groups is 1. The molecule has 6 nitrogen and oxygen atoms in total. The normalized spacial score (nSPS) is 28.4. The zero-order chi connectivity index (χ0) is 20.9. The molecule has 1 amide bonds. The van der Waals surface area contributed by atoms with E-state index in [2.05, 4.69) is 10.1 Å². The predicted molar refractivity (Wildman–Crippen MR) is 107 cm³/mol. The summed E-state index contributed by atoms with van der Waals surface area (Å²) in [5.41, 5.74) is 1.46. The van der Waals surface area contributed by atoms with Crippen molar-refractivity contribution < 1.29 is 13.9 Å². The minimum atomic E-state index is -0.400. The van der Waals surface area contributed by atoms with Crippen LogP contribution in [-0.2, 0) is 4.79 Å². The van der Waals surface area contributed by atoms with Gasteiger partial charge in [-0.2, -0.15) is 10.4 Å². The highest BCUT2D eigenvalue weighted by molar-refractivity contribution is 5.88. The van der Waals surface area contributed by atoms with Gasteiger partial charge >= 0.3 is 0 Å². The van der Waals surface area contributed by atoms with E-state index in [-0.39, 0.29) is 23.2 Å². The summed E-state index contributed by atoms with van der Waals surface area (Å²) < 4.78 is 20.3. The summed E-state index contributed by atoms with van der Waals surface area (Å²) in [4.78, 5) is 17.4. The van der Waals surface area contributed by atoms with Gasteiger partial charge in [-0.05, 0) is 43.9 Å². The first-order valence-electron chi connectivity index (χ1n) is 10.0. The number of nitriles is 1. The molecule has 1 aromatic heterocycles. The maximum atomic E-state index is 14.5.